The number of aromatic nitrogens is 3. The van der Waals surface area contributed by atoms with Gasteiger partial charge in [0, 0.05) is 26.5 Å². The maximum absolute atomic E-state index is 9.74. The fourth-order valence-electron chi connectivity index (χ4n) is 8.78. The molecule has 0 bridgehead atoms. The minimum Gasteiger partial charge on any atom is -0.208 e. The number of fused-ring (bicyclic) bond motifs is 9. The first-order valence-electron chi connectivity index (χ1n) is 19.3. The summed E-state index contributed by atoms with van der Waals surface area (Å²) >= 11 is 1.84. The Morgan fingerprint density at radius 1 is 0.362 bits per heavy atom. The molecule has 0 radical (unpaired) electrons. The Labute approximate surface area is 341 Å². The summed E-state index contributed by atoms with van der Waals surface area (Å²) in [6.45, 7) is 0. The maximum Gasteiger partial charge on any atom is 0.164 e. The van der Waals surface area contributed by atoms with Crippen molar-refractivity contribution >= 4 is 11.8 Å². The van der Waals surface area contributed by atoms with Crippen molar-refractivity contribution in [1.82, 2.24) is 15.0 Å². The van der Waals surface area contributed by atoms with Gasteiger partial charge in [0.05, 0.1) is 17.0 Å². The third-order valence-electron chi connectivity index (χ3n) is 11.4. The van der Waals surface area contributed by atoms with Gasteiger partial charge >= 0.3 is 0 Å². The van der Waals surface area contributed by atoms with E-state index in [1.807, 2.05) is 90.6 Å². The van der Waals surface area contributed by atoms with Crippen LogP contribution in [0, 0.1) is 11.3 Å². The van der Waals surface area contributed by atoms with Gasteiger partial charge in [0.1, 0.15) is 0 Å². The van der Waals surface area contributed by atoms with E-state index in [-0.39, 0.29) is 0 Å². The number of benzene rings is 8. The molecule has 11 rings (SSSR count). The van der Waals surface area contributed by atoms with Crippen LogP contribution in [0.3, 0.4) is 0 Å². The van der Waals surface area contributed by atoms with Gasteiger partial charge in [-0.15, -0.1) is 0 Å². The maximum atomic E-state index is 9.74. The molecule has 0 saturated heterocycles. The molecular formula is C53H32N4S. The molecule has 0 N–H and O–H groups in total. The SMILES string of the molecule is N#Cc1cccc(-c2ccc3c(c2)C2(c4ccccc4Sc4ccccc42)c2cc(-c4ccc(-c5nc(-c6ccccc6)nc(-c6ccccc6)n5)cc4)ccc2-3)c1. The lowest BCUT2D eigenvalue weighted by molar-refractivity contribution is 0.723. The smallest absolute Gasteiger partial charge is 0.164 e. The molecule has 1 spiro atoms. The molecule has 9 aromatic rings. The Balaban J connectivity index is 1.07. The van der Waals surface area contributed by atoms with Gasteiger partial charge < -0.3 is 0 Å². The largest absolute Gasteiger partial charge is 0.208 e. The molecule has 58 heavy (non-hydrogen) atoms. The lowest BCUT2D eigenvalue weighted by Crippen LogP contribution is -2.32. The molecule has 0 unspecified atom stereocenters. The molecule has 1 aliphatic carbocycles. The minimum absolute atomic E-state index is 0.547. The van der Waals surface area contributed by atoms with Crippen LogP contribution in [0.15, 0.2) is 204 Å². The zero-order valence-corrected chi connectivity index (χ0v) is 32.0. The lowest BCUT2D eigenvalue weighted by Gasteiger charge is -2.40. The van der Waals surface area contributed by atoms with Gasteiger partial charge in [0.25, 0.3) is 0 Å². The summed E-state index contributed by atoms with van der Waals surface area (Å²) in [5, 5.41) is 9.74. The first-order valence-corrected chi connectivity index (χ1v) is 20.1. The van der Waals surface area contributed by atoms with Gasteiger partial charge in [-0.1, -0.05) is 169 Å². The Morgan fingerprint density at radius 3 is 1.31 bits per heavy atom. The molecule has 4 nitrogen and oxygen atoms in total. The zero-order valence-electron chi connectivity index (χ0n) is 31.2. The fraction of sp³-hybridized carbons (Fsp3) is 0.0189. The first-order chi connectivity index (χ1) is 28.7. The topological polar surface area (TPSA) is 62.5 Å². The summed E-state index contributed by atoms with van der Waals surface area (Å²) in [4.78, 5) is 17.3. The van der Waals surface area contributed by atoms with Crippen LogP contribution in [0.4, 0.5) is 0 Å². The van der Waals surface area contributed by atoms with Crippen LogP contribution in [0.2, 0.25) is 0 Å². The van der Waals surface area contributed by atoms with Gasteiger partial charge in [-0.05, 0) is 92.0 Å². The normalized spacial score (nSPS) is 12.9. The lowest BCUT2D eigenvalue weighted by atomic mass is 9.67. The molecule has 2 heterocycles. The van der Waals surface area contributed by atoms with E-state index >= 15 is 0 Å². The Morgan fingerprint density at radius 2 is 0.776 bits per heavy atom. The van der Waals surface area contributed by atoms with Crippen LogP contribution in [-0.4, -0.2) is 15.0 Å². The van der Waals surface area contributed by atoms with Gasteiger partial charge in [-0.25, -0.2) is 15.0 Å². The fourth-order valence-corrected chi connectivity index (χ4v) is 9.97. The second-order valence-electron chi connectivity index (χ2n) is 14.7. The quantitative estimate of drug-likeness (QED) is 0.175. The predicted molar refractivity (Wildman–Crippen MR) is 233 cm³/mol. The van der Waals surface area contributed by atoms with Crippen LogP contribution in [0.25, 0.3) is 67.5 Å². The van der Waals surface area contributed by atoms with Crippen LogP contribution in [0.5, 0.6) is 0 Å². The highest BCUT2D eigenvalue weighted by molar-refractivity contribution is 7.99. The Kier molecular flexibility index (Phi) is 7.99. The highest BCUT2D eigenvalue weighted by Gasteiger charge is 2.50. The molecule has 1 aromatic heterocycles. The summed E-state index contributed by atoms with van der Waals surface area (Å²) in [6.07, 6.45) is 0. The molecule has 8 aromatic carbocycles. The molecule has 0 saturated carbocycles. The second-order valence-corrected chi connectivity index (χ2v) is 15.8. The molecule has 270 valence electrons. The van der Waals surface area contributed by atoms with Crippen LogP contribution in [-0.2, 0) is 5.41 Å². The van der Waals surface area contributed by atoms with Crippen molar-refractivity contribution in [2.75, 3.05) is 0 Å². The van der Waals surface area contributed by atoms with E-state index in [1.54, 1.807) is 0 Å². The van der Waals surface area contributed by atoms with Crippen molar-refractivity contribution in [2.24, 2.45) is 0 Å². The first kappa shape index (κ1) is 33.9. The molecule has 1 aliphatic heterocycles. The van der Waals surface area contributed by atoms with E-state index in [9.17, 15) is 5.26 Å². The third kappa shape index (κ3) is 5.42. The van der Waals surface area contributed by atoms with Gasteiger partial charge in [-0.3, -0.25) is 0 Å². The Bertz CT molecular complexity index is 2990. The van der Waals surface area contributed by atoms with Crippen LogP contribution >= 0.6 is 11.8 Å². The van der Waals surface area contributed by atoms with Crippen molar-refractivity contribution in [3.63, 3.8) is 0 Å². The van der Waals surface area contributed by atoms with E-state index in [1.165, 1.54) is 43.2 Å². The van der Waals surface area contributed by atoms with E-state index in [4.69, 9.17) is 15.0 Å². The average molecular weight is 757 g/mol. The van der Waals surface area contributed by atoms with Crippen molar-refractivity contribution < 1.29 is 0 Å². The molecule has 0 fully saturated rings. The van der Waals surface area contributed by atoms with Gasteiger partial charge in [0.2, 0.25) is 0 Å². The summed E-state index contributed by atoms with van der Waals surface area (Å²) in [7, 11) is 0. The standard InChI is InChI=1S/C53H32N4S/c54-33-34-12-11-17-39(30-34)41-27-29-43-42-28-26-40(31-46(42)53(47(43)32-41)44-18-7-9-20-48(44)58-49-21-10-8-19-45(49)53)35-22-24-38(25-23-35)52-56-50(36-13-3-1-4-14-36)55-51(57-52)37-15-5-2-6-16-37/h1-32H. The van der Waals surface area contributed by atoms with Crippen molar-refractivity contribution in [3.05, 3.63) is 222 Å². The molecule has 2 aliphatic rings. The third-order valence-corrected chi connectivity index (χ3v) is 12.6. The van der Waals surface area contributed by atoms with E-state index in [0.29, 0.717) is 23.0 Å². The van der Waals surface area contributed by atoms with Crippen molar-refractivity contribution in [1.29, 1.82) is 5.26 Å². The molecule has 0 amide bonds. The number of hydrogen-bond acceptors (Lipinski definition) is 5. The second kappa shape index (κ2) is 13.7. The van der Waals surface area contributed by atoms with Gasteiger partial charge in [0.15, 0.2) is 17.5 Å². The Hall–Kier alpha value is -7.39. The number of nitriles is 1. The number of hydrogen-bond donors (Lipinski definition) is 0. The van der Waals surface area contributed by atoms with E-state index in [2.05, 4.69) is 121 Å². The summed E-state index contributed by atoms with van der Waals surface area (Å²) in [5.74, 6) is 1.92. The highest BCUT2D eigenvalue weighted by atomic mass is 32.2. The van der Waals surface area contributed by atoms with Crippen molar-refractivity contribution in [3.8, 4) is 73.6 Å². The summed E-state index contributed by atoms with van der Waals surface area (Å²) in [5.41, 5.74) is 14.8. The molecule has 0 atom stereocenters. The van der Waals surface area contributed by atoms with Gasteiger partial charge in [-0.2, -0.15) is 5.26 Å². The van der Waals surface area contributed by atoms with Crippen molar-refractivity contribution in [2.45, 2.75) is 15.2 Å². The monoisotopic (exact) mass is 756 g/mol. The minimum atomic E-state index is -0.547. The molecular weight excluding hydrogens is 725 g/mol. The van der Waals surface area contributed by atoms with Crippen LogP contribution in [0.1, 0.15) is 27.8 Å². The number of rotatable bonds is 5. The summed E-state index contributed by atoms with van der Waals surface area (Å²) in [6, 6.07) is 70.6. The predicted octanol–water partition coefficient (Wildman–Crippen LogP) is 12.9. The highest BCUT2D eigenvalue weighted by Crippen LogP contribution is 2.62. The summed E-state index contributed by atoms with van der Waals surface area (Å²) < 4.78 is 0. The number of nitrogens with zero attached hydrogens (tertiary/aromatic N) is 4. The molecule has 5 heteroatoms. The van der Waals surface area contributed by atoms with E-state index in [0.717, 1.165) is 38.9 Å². The van der Waals surface area contributed by atoms with E-state index < -0.39 is 5.41 Å². The van der Waals surface area contributed by atoms with Crippen LogP contribution < -0.4 is 0 Å². The zero-order chi connectivity index (χ0) is 38.6. The average Bonchev–Trinajstić information content (AvgIpc) is 3.58.